The van der Waals surface area contributed by atoms with E-state index < -0.39 is 5.97 Å². The number of aromatic carboxylic acids is 1. The number of ether oxygens (including phenoxy) is 1. The number of hydrogen-bond donors (Lipinski definition) is 4. The summed E-state index contributed by atoms with van der Waals surface area (Å²) in [6.07, 6.45) is 7.30. The zero-order valence-corrected chi connectivity index (χ0v) is 19.4. The summed E-state index contributed by atoms with van der Waals surface area (Å²) in [6, 6.07) is 10.4. The molecule has 0 unspecified atom stereocenters. The van der Waals surface area contributed by atoms with E-state index in [0.29, 0.717) is 18.8 Å². The smallest absolute Gasteiger partial charge is 0.335 e. The van der Waals surface area contributed by atoms with Crippen molar-refractivity contribution in [3.63, 3.8) is 0 Å². The second-order valence-electron chi connectivity index (χ2n) is 8.02. The molecular formula is C26H32N4O4. The molecule has 0 spiro atoms. The van der Waals surface area contributed by atoms with Gasteiger partial charge in [0.25, 0.3) is 0 Å². The van der Waals surface area contributed by atoms with Crippen LogP contribution >= 0.6 is 0 Å². The number of nitrogens with one attached hydrogen (secondary N) is 1. The molecule has 180 valence electrons. The van der Waals surface area contributed by atoms with Crippen molar-refractivity contribution < 1.29 is 19.7 Å². The number of benzene rings is 2. The summed E-state index contributed by atoms with van der Waals surface area (Å²) in [4.78, 5) is 15.4. The normalized spacial score (nSPS) is 14.9. The Morgan fingerprint density at radius 2 is 1.88 bits per heavy atom. The van der Waals surface area contributed by atoms with Crippen LogP contribution in [0.4, 0.5) is 5.69 Å². The van der Waals surface area contributed by atoms with E-state index in [4.69, 9.17) is 15.6 Å². The summed E-state index contributed by atoms with van der Waals surface area (Å²) in [7, 11) is 1.54. The predicted octanol–water partition coefficient (Wildman–Crippen LogP) is 3.37. The molecule has 8 nitrogen and oxygen atoms in total. The number of piperazine rings is 1. The van der Waals surface area contributed by atoms with E-state index in [1.807, 2.05) is 24.3 Å². The molecule has 34 heavy (non-hydrogen) atoms. The van der Waals surface area contributed by atoms with Crippen molar-refractivity contribution in [3.8, 4) is 11.5 Å². The van der Waals surface area contributed by atoms with Crippen molar-refractivity contribution in [2.24, 2.45) is 5.73 Å². The molecule has 1 aliphatic heterocycles. The number of hydrogen-bond acceptors (Lipinski definition) is 7. The van der Waals surface area contributed by atoms with Crippen LogP contribution in [-0.4, -0.2) is 59.3 Å². The molecule has 1 heterocycles. The molecule has 5 N–H and O–H groups in total. The fraction of sp³-hybridized carbons (Fsp3) is 0.269. The summed E-state index contributed by atoms with van der Waals surface area (Å²) in [6.45, 7) is 7.99. The number of carboxylic acid groups (broad SMARTS) is 1. The lowest BCUT2D eigenvalue weighted by Gasteiger charge is -2.36. The van der Waals surface area contributed by atoms with Crippen molar-refractivity contribution in [1.29, 1.82) is 0 Å². The highest BCUT2D eigenvalue weighted by molar-refractivity contribution is 5.88. The number of phenolic OH excluding ortho intramolecular Hbond substituents is 1. The molecule has 8 heteroatoms. The van der Waals surface area contributed by atoms with Crippen LogP contribution in [0.15, 0.2) is 73.1 Å². The van der Waals surface area contributed by atoms with Crippen molar-refractivity contribution >= 4 is 11.7 Å². The first-order valence-electron chi connectivity index (χ1n) is 11.1. The Hall–Kier alpha value is -3.91. The Kier molecular flexibility index (Phi) is 8.59. The van der Waals surface area contributed by atoms with E-state index in [-0.39, 0.29) is 11.3 Å². The lowest BCUT2D eigenvalue weighted by molar-refractivity contribution is 0.0697. The van der Waals surface area contributed by atoms with Gasteiger partial charge < -0.3 is 30.9 Å². The maximum absolute atomic E-state index is 11.0. The number of nitrogens with zero attached hydrogens (tertiary/aromatic N) is 2. The third kappa shape index (κ3) is 6.55. The molecule has 3 rings (SSSR count). The van der Waals surface area contributed by atoms with Gasteiger partial charge in [0.2, 0.25) is 0 Å². The van der Waals surface area contributed by atoms with Crippen molar-refractivity contribution in [2.75, 3.05) is 38.6 Å². The van der Waals surface area contributed by atoms with E-state index >= 15 is 0 Å². The number of rotatable bonds is 10. The largest absolute Gasteiger partial charge is 0.504 e. The van der Waals surface area contributed by atoms with Gasteiger partial charge in [0.1, 0.15) is 0 Å². The second-order valence-corrected chi connectivity index (χ2v) is 8.02. The van der Waals surface area contributed by atoms with Gasteiger partial charge in [-0.25, -0.2) is 4.79 Å². The van der Waals surface area contributed by atoms with E-state index in [1.165, 1.54) is 7.11 Å². The molecule has 2 aromatic rings. The summed E-state index contributed by atoms with van der Waals surface area (Å²) in [5.41, 5.74) is 8.96. The second kappa shape index (κ2) is 11.8. The van der Waals surface area contributed by atoms with Gasteiger partial charge in [0, 0.05) is 50.5 Å². The summed E-state index contributed by atoms with van der Waals surface area (Å²) in [5.74, 6) is 0.346. The van der Waals surface area contributed by atoms with Gasteiger partial charge in [-0.3, -0.25) is 4.90 Å². The number of anilines is 1. The first-order valence-corrected chi connectivity index (χ1v) is 11.1. The molecular weight excluding hydrogens is 432 g/mol. The monoisotopic (exact) mass is 464 g/mol. The molecule has 0 aromatic heterocycles. The minimum Gasteiger partial charge on any atom is -0.504 e. The number of carboxylic acids is 1. The van der Waals surface area contributed by atoms with Crippen molar-refractivity contribution in [3.05, 3.63) is 89.8 Å². The third-order valence-electron chi connectivity index (χ3n) is 5.71. The average Bonchev–Trinajstić information content (AvgIpc) is 2.85. The molecule has 1 saturated heterocycles. The maximum atomic E-state index is 11.0. The summed E-state index contributed by atoms with van der Waals surface area (Å²) < 4.78 is 5.40. The molecule has 1 fully saturated rings. The van der Waals surface area contributed by atoms with Crippen LogP contribution in [0, 0.1) is 0 Å². The number of nitrogens with two attached hydrogens (primary N) is 1. The third-order valence-corrected chi connectivity index (χ3v) is 5.71. The van der Waals surface area contributed by atoms with E-state index in [2.05, 4.69) is 21.7 Å². The first-order chi connectivity index (χ1) is 16.4. The lowest BCUT2D eigenvalue weighted by Crippen LogP contribution is -2.46. The predicted molar refractivity (Wildman–Crippen MR) is 134 cm³/mol. The fourth-order valence-corrected chi connectivity index (χ4v) is 3.78. The quantitative estimate of drug-likeness (QED) is 0.396. The minimum absolute atomic E-state index is 0.147. The van der Waals surface area contributed by atoms with E-state index in [1.54, 1.807) is 36.4 Å². The fourth-order valence-electron chi connectivity index (χ4n) is 3.78. The van der Waals surface area contributed by atoms with Gasteiger partial charge in [-0.15, -0.1) is 0 Å². The number of methoxy groups -OCH3 is 1. The van der Waals surface area contributed by atoms with Crippen LogP contribution in [0.2, 0.25) is 0 Å². The van der Waals surface area contributed by atoms with Gasteiger partial charge in [-0.05, 0) is 48.0 Å². The van der Waals surface area contributed by atoms with Gasteiger partial charge in [-0.2, -0.15) is 0 Å². The van der Waals surface area contributed by atoms with E-state index in [0.717, 1.165) is 48.8 Å². The van der Waals surface area contributed by atoms with Crippen LogP contribution in [0.1, 0.15) is 21.5 Å². The Bertz CT molecular complexity index is 1060. The Morgan fingerprint density at radius 1 is 1.18 bits per heavy atom. The zero-order chi connectivity index (χ0) is 24.5. The number of carbonyl (C=O) groups is 1. The summed E-state index contributed by atoms with van der Waals surface area (Å²) >= 11 is 0. The van der Waals surface area contributed by atoms with Crippen LogP contribution in [-0.2, 0) is 13.1 Å². The van der Waals surface area contributed by atoms with Crippen LogP contribution in [0.3, 0.4) is 0 Å². The summed E-state index contributed by atoms with van der Waals surface area (Å²) in [5, 5.41) is 23.0. The lowest BCUT2D eigenvalue weighted by atomic mass is 10.1. The number of phenols is 1. The molecule has 0 radical (unpaired) electrons. The van der Waals surface area contributed by atoms with E-state index in [9.17, 15) is 9.90 Å². The molecule has 1 aliphatic rings. The molecule has 0 saturated carbocycles. The Balaban J connectivity index is 1.64. The standard InChI is InChI=1S/C26H32N4O4/c1-3-4-5-6-24(27)30-13-11-29(12-14-30)18-21-15-19(16-23(34-2)25(21)31)17-28-22-9-7-20(8-10-22)26(32)33/h3-10,15-16,28,31H,1,11-14,17-18,27H2,2H3,(H,32,33)/b5-4-,24-6+. The highest BCUT2D eigenvalue weighted by Gasteiger charge is 2.20. The zero-order valence-electron chi connectivity index (χ0n) is 19.4. The van der Waals surface area contributed by atoms with Gasteiger partial charge >= 0.3 is 5.97 Å². The van der Waals surface area contributed by atoms with Gasteiger partial charge in [0.05, 0.1) is 18.5 Å². The van der Waals surface area contributed by atoms with Crippen molar-refractivity contribution in [1.82, 2.24) is 9.80 Å². The van der Waals surface area contributed by atoms with Gasteiger partial charge in [-0.1, -0.05) is 24.8 Å². The SMILES string of the molecule is C=C/C=C\C=C(/N)N1CCN(Cc2cc(CNc3ccc(C(=O)O)cc3)cc(OC)c2O)CC1. The molecule has 0 bridgehead atoms. The number of aromatic hydroxyl groups is 1. The van der Waals surface area contributed by atoms with Crippen LogP contribution < -0.4 is 15.8 Å². The highest BCUT2D eigenvalue weighted by Crippen LogP contribution is 2.33. The topological polar surface area (TPSA) is 111 Å². The van der Waals surface area contributed by atoms with Gasteiger partial charge in [0.15, 0.2) is 11.5 Å². The first kappa shape index (κ1) is 24.7. The Labute approximate surface area is 200 Å². The minimum atomic E-state index is -0.955. The molecule has 0 aliphatic carbocycles. The molecule has 0 amide bonds. The van der Waals surface area contributed by atoms with Crippen LogP contribution in [0.5, 0.6) is 11.5 Å². The average molecular weight is 465 g/mol. The molecule has 2 aromatic carbocycles. The Morgan fingerprint density at radius 3 is 2.50 bits per heavy atom. The maximum Gasteiger partial charge on any atom is 0.335 e. The van der Waals surface area contributed by atoms with Crippen LogP contribution in [0.25, 0.3) is 0 Å². The molecule has 0 atom stereocenters. The number of allylic oxidation sites excluding steroid dienone is 4. The highest BCUT2D eigenvalue weighted by atomic mass is 16.5. The van der Waals surface area contributed by atoms with Crippen molar-refractivity contribution in [2.45, 2.75) is 13.1 Å².